The maximum absolute atomic E-state index is 10.3. The molecular formula is C21H19N3O2S. The summed E-state index contributed by atoms with van der Waals surface area (Å²) in [7, 11) is 0. The number of benzene rings is 2. The number of fused-ring (bicyclic) bond motifs is 1. The lowest BCUT2D eigenvalue weighted by Crippen LogP contribution is -1.92. The molecule has 0 bridgehead atoms. The van der Waals surface area contributed by atoms with Crippen LogP contribution in [-0.2, 0) is 0 Å². The van der Waals surface area contributed by atoms with Crippen molar-refractivity contribution < 1.29 is 9.84 Å². The van der Waals surface area contributed by atoms with Gasteiger partial charge in [0.2, 0.25) is 5.88 Å². The Morgan fingerprint density at radius 1 is 1.15 bits per heavy atom. The highest BCUT2D eigenvalue weighted by Crippen LogP contribution is 2.39. The molecule has 0 radical (unpaired) electrons. The second kappa shape index (κ2) is 7.25. The van der Waals surface area contributed by atoms with Gasteiger partial charge >= 0.3 is 0 Å². The van der Waals surface area contributed by atoms with Crippen molar-refractivity contribution in [3.8, 4) is 11.6 Å². The van der Waals surface area contributed by atoms with E-state index in [4.69, 9.17) is 4.74 Å². The fraction of sp³-hybridized carbons (Fsp3) is 0.143. The molecule has 5 nitrogen and oxygen atoms in total. The minimum atomic E-state index is 0.0121. The van der Waals surface area contributed by atoms with Crippen molar-refractivity contribution in [3.63, 3.8) is 0 Å². The summed E-state index contributed by atoms with van der Waals surface area (Å²) in [5, 5.41) is 14.1. The van der Waals surface area contributed by atoms with Crippen LogP contribution in [0.25, 0.3) is 11.6 Å². The highest BCUT2D eigenvalue weighted by molar-refractivity contribution is 7.16. The summed E-state index contributed by atoms with van der Waals surface area (Å²) in [5.41, 5.74) is 4.86. The molecule has 6 heteroatoms. The maximum Gasteiger partial charge on any atom is 0.231 e. The molecule has 0 aliphatic carbocycles. The van der Waals surface area contributed by atoms with E-state index in [2.05, 4.69) is 15.3 Å². The Labute approximate surface area is 161 Å². The van der Waals surface area contributed by atoms with Gasteiger partial charge in [0, 0.05) is 22.5 Å². The van der Waals surface area contributed by atoms with Gasteiger partial charge in [0.05, 0.1) is 17.2 Å². The summed E-state index contributed by atoms with van der Waals surface area (Å²) in [5.74, 6) is 0.836. The number of allylic oxidation sites excluding steroid dienone is 1. The predicted molar refractivity (Wildman–Crippen MR) is 112 cm³/mol. The number of hydrogen-bond acceptors (Lipinski definition) is 6. The third-order valence-electron chi connectivity index (χ3n) is 4.20. The molecule has 0 saturated carbocycles. The first-order valence-corrected chi connectivity index (χ1v) is 9.52. The van der Waals surface area contributed by atoms with Gasteiger partial charge in [-0.3, -0.25) is 4.99 Å². The van der Waals surface area contributed by atoms with Crippen molar-refractivity contribution in [2.45, 2.75) is 13.8 Å². The Balaban J connectivity index is 1.58. The summed E-state index contributed by atoms with van der Waals surface area (Å²) in [6.45, 7) is 4.57. The maximum atomic E-state index is 10.3. The molecule has 0 spiro atoms. The van der Waals surface area contributed by atoms with Gasteiger partial charge in [0.25, 0.3) is 0 Å². The molecule has 27 heavy (non-hydrogen) atoms. The molecule has 0 amide bonds. The smallest absolute Gasteiger partial charge is 0.231 e. The normalized spacial score (nSPS) is 14.1. The quantitative estimate of drug-likeness (QED) is 0.604. The van der Waals surface area contributed by atoms with Gasteiger partial charge in [-0.05, 0) is 50.3 Å². The lowest BCUT2D eigenvalue weighted by Gasteiger charge is -2.05. The van der Waals surface area contributed by atoms with E-state index in [1.165, 1.54) is 11.3 Å². The summed E-state index contributed by atoms with van der Waals surface area (Å²) >= 11 is 1.40. The van der Waals surface area contributed by atoms with E-state index < -0.39 is 0 Å². The molecule has 1 aliphatic heterocycles. The molecule has 0 saturated heterocycles. The van der Waals surface area contributed by atoms with Gasteiger partial charge in [-0.25, -0.2) is 0 Å². The first-order chi connectivity index (χ1) is 13.1. The molecule has 0 unspecified atom stereocenters. The number of nitrogens with zero attached hydrogens (tertiary/aromatic N) is 2. The largest absolute Gasteiger partial charge is 0.494 e. The highest BCUT2D eigenvalue weighted by atomic mass is 32.1. The van der Waals surface area contributed by atoms with Gasteiger partial charge in [0.1, 0.15) is 5.75 Å². The number of hydrogen-bond donors (Lipinski definition) is 2. The van der Waals surface area contributed by atoms with Crippen molar-refractivity contribution in [1.29, 1.82) is 0 Å². The number of aliphatic imine (C=N–C) groups is 1. The van der Waals surface area contributed by atoms with Crippen LogP contribution in [0.5, 0.6) is 11.6 Å². The number of thiazole rings is 1. The zero-order valence-corrected chi connectivity index (χ0v) is 15.9. The monoisotopic (exact) mass is 377 g/mol. The van der Waals surface area contributed by atoms with Crippen molar-refractivity contribution in [1.82, 2.24) is 4.98 Å². The Bertz CT molecular complexity index is 1040. The molecule has 2 heterocycles. The Morgan fingerprint density at radius 2 is 1.93 bits per heavy atom. The van der Waals surface area contributed by atoms with Crippen molar-refractivity contribution >= 4 is 45.2 Å². The van der Waals surface area contributed by atoms with Gasteiger partial charge in [-0.15, -0.1) is 0 Å². The average molecular weight is 377 g/mol. The van der Waals surface area contributed by atoms with Crippen LogP contribution in [0.1, 0.15) is 24.3 Å². The number of ether oxygens (including phenoxy) is 1. The van der Waals surface area contributed by atoms with Crippen LogP contribution in [0.3, 0.4) is 0 Å². The van der Waals surface area contributed by atoms with Crippen LogP contribution < -0.4 is 10.1 Å². The molecule has 0 fully saturated rings. The van der Waals surface area contributed by atoms with E-state index >= 15 is 0 Å². The summed E-state index contributed by atoms with van der Waals surface area (Å²) in [4.78, 5) is 9.51. The van der Waals surface area contributed by atoms with E-state index in [-0.39, 0.29) is 5.88 Å². The zero-order chi connectivity index (χ0) is 18.8. The minimum absolute atomic E-state index is 0.0121. The lowest BCUT2D eigenvalue weighted by molar-refractivity contribution is 0.340. The van der Waals surface area contributed by atoms with Crippen molar-refractivity contribution in [2.75, 3.05) is 11.9 Å². The molecule has 0 atom stereocenters. The van der Waals surface area contributed by atoms with E-state index in [0.717, 1.165) is 34.0 Å². The van der Waals surface area contributed by atoms with Crippen molar-refractivity contribution in [3.05, 3.63) is 59.0 Å². The fourth-order valence-electron chi connectivity index (χ4n) is 2.94. The number of aromatic hydroxyl groups is 1. The van der Waals surface area contributed by atoms with Gasteiger partial charge < -0.3 is 15.2 Å². The van der Waals surface area contributed by atoms with E-state index in [1.807, 2.05) is 68.5 Å². The highest BCUT2D eigenvalue weighted by Gasteiger charge is 2.18. The molecule has 1 aliphatic rings. The number of aromatic nitrogens is 1. The second-order valence-electron chi connectivity index (χ2n) is 6.06. The fourth-order valence-corrected chi connectivity index (χ4v) is 3.77. The van der Waals surface area contributed by atoms with Crippen LogP contribution in [0, 0.1) is 0 Å². The number of rotatable bonds is 5. The third-order valence-corrected chi connectivity index (χ3v) is 5.11. The topological polar surface area (TPSA) is 66.7 Å². The number of para-hydroxylation sites is 1. The lowest BCUT2D eigenvalue weighted by atomic mass is 10.0. The molecule has 2 aromatic carbocycles. The second-order valence-corrected chi connectivity index (χ2v) is 7.09. The SMILES string of the molecule is CCOc1ccc(Nc2nc(O)c(C=C3C(C)=Nc4ccccc43)s2)cc1. The molecule has 1 aromatic heterocycles. The van der Waals surface area contributed by atoms with E-state index in [1.54, 1.807) is 0 Å². The van der Waals surface area contributed by atoms with Crippen LogP contribution in [0.15, 0.2) is 53.5 Å². The Morgan fingerprint density at radius 3 is 2.70 bits per heavy atom. The molecule has 2 N–H and O–H groups in total. The predicted octanol–water partition coefficient (Wildman–Crippen LogP) is 5.64. The standard InChI is InChI=1S/C21H19N3O2S/c1-3-26-15-10-8-14(9-11-15)23-21-24-20(25)19(27-21)12-17-13(2)22-18-7-5-4-6-16(17)18/h4-12,25H,3H2,1-2H3,(H,23,24). The first kappa shape index (κ1) is 17.3. The van der Waals surface area contributed by atoms with Gasteiger partial charge in [0.15, 0.2) is 5.13 Å². The summed E-state index contributed by atoms with van der Waals surface area (Å²) in [6, 6.07) is 15.6. The van der Waals surface area contributed by atoms with Gasteiger partial charge in [-0.1, -0.05) is 29.5 Å². The molecular weight excluding hydrogens is 358 g/mol. The third kappa shape index (κ3) is 3.57. The van der Waals surface area contributed by atoms with Crippen LogP contribution in [-0.4, -0.2) is 22.4 Å². The average Bonchev–Trinajstić information content (AvgIpc) is 3.17. The van der Waals surface area contributed by atoms with Crippen LogP contribution in [0.4, 0.5) is 16.5 Å². The molecule has 4 rings (SSSR count). The Hall–Kier alpha value is -3.12. The van der Waals surface area contributed by atoms with Crippen LogP contribution >= 0.6 is 11.3 Å². The summed E-state index contributed by atoms with van der Waals surface area (Å²) < 4.78 is 5.45. The minimum Gasteiger partial charge on any atom is -0.494 e. The zero-order valence-electron chi connectivity index (χ0n) is 15.1. The van der Waals surface area contributed by atoms with Crippen molar-refractivity contribution in [2.24, 2.45) is 4.99 Å². The van der Waals surface area contributed by atoms with Crippen LogP contribution in [0.2, 0.25) is 0 Å². The van der Waals surface area contributed by atoms with E-state index in [9.17, 15) is 5.11 Å². The summed E-state index contributed by atoms with van der Waals surface area (Å²) in [6.07, 6.45) is 1.95. The Kier molecular flexibility index (Phi) is 4.64. The van der Waals surface area contributed by atoms with E-state index in [0.29, 0.717) is 16.6 Å². The number of anilines is 2. The van der Waals surface area contributed by atoms with Gasteiger partial charge in [-0.2, -0.15) is 4.98 Å². The number of nitrogens with one attached hydrogen (secondary N) is 1. The molecule has 136 valence electrons. The first-order valence-electron chi connectivity index (χ1n) is 8.70. The molecule has 3 aromatic rings.